The minimum Gasteiger partial charge on any atom is -0.338 e. The number of carbonyl (C=O) groups excluding carboxylic acids is 1. The summed E-state index contributed by atoms with van der Waals surface area (Å²) in [4.78, 5) is 11.5. The summed E-state index contributed by atoms with van der Waals surface area (Å²) in [6.07, 6.45) is 0. The van der Waals surface area contributed by atoms with Crippen molar-refractivity contribution < 1.29 is 4.79 Å². The van der Waals surface area contributed by atoms with Crippen LogP contribution in [-0.4, -0.2) is 19.1 Å². The van der Waals surface area contributed by atoms with Gasteiger partial charge < -0.3 is 10.6 Å². The molecule has 3 heteroatoms. The van der Waals surface area contributed by atoms with Crippen molar-refractivity contribution in [1.29, 1.82) is 0 Å². The number of nitrogens with one attached hydrogen (secondary N) is 2. The van der Waals surface area contributed by atoms with Crippen molar-refractivity contribution in [3.63, 3.8) is 0 Å². The molecule has 0 unspecified atom stereocenters. The molecule has 0 spiro atoms. The third-order valence-corrected chi connectivity index (χ3v) is 2.88. The standard InChI is InChI=1S/C13H28N2O.CH4/c1-9(2)7-14-13(16)15-8-12(10(3)4)11(5)6;/h9-12H,7-8H2,1-6H3,(H2,14,15,16);1H4. The van der Waals surface area contributed by atoms with Crippen molar-refractivity contribution >= 4 is 6.03 Å². The van der Waals surface area contributed by atoms with Gasteiger partial charge in [0, 0.05) is 13.1 Å². The Morgan fingerprint density at radius 1 is 0.882 bits per heavy atom. The van der Waals surface area contributed by atoms with E-state index in [1.807, 2.05) is 0 Å². The molecule has 0 radical (unpaired) electrons. The molecule has 104 valence electrons. The predicted octanol–water partition coefficient (Wildman–Crippen LogP) is 3.51. The molecular weight excluding hydrogens is 212 g/mol. The summed E-state index contributed by atoms with van der Waals surface area (Å²) in [5, 5.41) is 5.82. The second-order valence-electron chi connectivity index (χ2n) is 5.64. The first-order valence-corrected chi connectivity index (χ1v) is 6.36. The zero-order chi connectivity index (χ0) is 12.7. The van der Waals surface area contributed by atoms with Gasteiger partial charge in [-0.3, -0.25) is 0 Å². The van der Waals surface area contributed by atoms with Gasteiger partial charge in [-0.15, -0.1) is 0 Å². The first-order valence-electron chi connectivity index (χ1n) is 6.36. The summed E-state index contributed by atoms with van der Waals surface area (Å²) < 4.78 is 0. The lowest BCUT2D eigenvalue weighted by Crippen LogP contribution is -2.41. The number of hydrogen-bond donors (Lipinski definition) is 2. The van der Waals surface area contributed by atoms with E-state index >= 15 is 0 Å². The number of rotatable bonds is 6. The molecule has 3 nitrogen and oxygen atoms in total. The zero-order valence-corrected chi connectivity index (χ0v) is 11.6. The minimum atomic E-state index is -0.0417. The number of hydrogen-bond acceptors (Lipinski definition) is 1. The highest BCUT2D eigenvalue weighted by Crippen LogP contribution is 2.19. The van der Waals surface area contributed by atoms with Gasteiger partial charge in [0.1, 0.15) is 0 Å². The van der Waals surface area contributed by atoms with Crippen LogP contribution in [-0.2, 0) is 0 Å². The Hall–Kier alpha value is -0.730. The summed E-state index contributed by atoms with van der Waals surface area (Å²) in [6, 6.07) is -0.0417. The second kappa shape index (κ2) is 9.32. The normalized spacial score (nSPS) is 10.9. The molecule has 0 bridgehead atoms. The van der Waals surface area contributed by atoms with E-state index in [-0.39, 0.29) is 13.5 Å². The Morgan fingerprint density at radius 3 is 1.65 bits per heavy atom. The van der Waals surface area contributed by atoms with Crippen molar-refractivity contribution in [2.75, 3.05) is 13.1 Å². The number of urea groups is 1. The summed E-state index contributed by atoms with van der Waals surface area (Å²) in [7, 11) is 0. The Labute approximate surface area is 108 Å². The van der Waals surface area contributed by atoms with Gasteiger partial charge in [-0.25, -0.2) is 4.79 Å². The molecular formula is C14H32N2O. The van der Waals surface area contributed by atoms with Crippen molar-refractivity contribution in [3.05, 3.63) is 0 Å². The largest absolute Gasteiger partial charge is 0.338 e. The maximum Gasteiger partial charge on any atom is 0.314 e. The van der Waals surface area contributed by atoms with Gasteiger partial charge in [-0.1, -0.05) is 49.0 Å². The fourth-order valence-electron chi connectivity index (χ4n) is 1.81. The zero-order valence-electron chi connectivity index (χ0n) is 11.6. The molecule has 0 saturated heterocycles. The van der Waals surface area contributed by atoms with Crippen molar-refractivity contribution in [1.82, 2.24) is 10.6 Å². The van der Waals surface area contributed by atoms with Gasteiger partial charge in [0.15, 0.2) is 0 Å². The van der Waals surface area contributed by atoms with Crippen LogP contribution in [0.3, 0.4) is 0 Å². The maximum absolute atomic E-state index is 11.5. The first kappa shape index (κ1) is 18.6. The Balaban J connectivity index is 0. The average molecular weight is 244 g/mol. The van der Waals surface area contributed by atoms with Crippen molar-refractivity contribution in [2.24, 2.45) is 23.7 Å². The van der Waals surface area contributed by atoms with E-state index in [0.29, 0.717) is 23.7 Å². The van der Waals surface area contributed by atoms with Gasteiger partial charge in [0.25, 0.3) is 0 Å². The van der Waals surface area contributed by atoms with Crippen molar-refractivity contribution in [2.45, 2.75) is 49.0 Å². The van der Waals surface area contributed by atoms with Gasteiger partial charge in [0.2, 0.25) is 0 Å². The molecule has 0 saturated carbocycles. The fraction of sp³-hybridized carbons (Fsp3) is 0.929. The summed E-state index contributed by atoms with van der Waals surface area (Å²) in [6.45, 7) is 14.5. The maximum atomic E-state index is 11.5. The number of carbonyl (C=O) groups is 1. The smallest absolute Gasteiger partial charge is 0.314 e. The minimum absolute atomic E-state index is 0. The van der Waals surface area contributed by atoms with Crippen molar-refractivity contribution in [3.8, 4) is 0 Å². The van der Waals surface area contributed by atoms with E-state index in [9.17, 15) is 4.79 Å². The van der Waals surface area contributed by atoms with E-state index in [1.165, 1.54) is 0 Å². The summed E-state index contributed by atoms with van der Waals surface area (Å²) >= 11 is 0. The summed E-state index contributed by atoms with van der Waals surface area (Å²) in [5.41, 5.74) is 0. The third-order valence-electron chi connectivity index (χ3n) is 2.88. The van der Waals surface area contributed by atoms with Crippen LogP contribution in [0.1, 0.15) is 49.0 Å². The van der Waals surface area contributed by atoms with Gasteiger partial charge in [-0.05, 0) is 23.7 Å². The fourth-order valence-corrected chi connectivity index (χ4v) is 1.81. The first-order chi connectivity index (χ1) is 7.34. The molecule has 0 atom stereocenters. The SMILES string of the molecule is C.CC(C)CNC(=O)NCC(C(C)C)C(C)C. The molecule has 0 aromatic carbocycles. The summed E-state index contributed by atoms with van der Waals surface area (Å²) in [5.74, 6) is 2.25. The molecule has 2 amide bonds. The van der Waals surface area contributed by atoms with Crippen LogP contribution in [0.25, 0.3) is 0 Å². The lowest BCUT2D eigenvalue weighted by atomic mass is 9.85. The lowest BCUT2D eigenvalue weighted by molar-refractivity contribution is 0.228. The molecule has 2 N–H and O–H groups in total. The van der Waals surface area contributed by atoms with Crippen LogP contribution in [0.5, 0.6) is 0 Å². The Morgan fingerprint density at radius 2 is 1.29 bits per heavy atom. The molecule has 0 rings (SSSR count). The monoisotopic (exact) mass is 244 g/mol. The molecule has 0 fully saturated rings. The Kier molecular flexibility index (Phi) is 10.2. The third kappa shape index (κ3) is 9.02. The van der Waals surface area contributed by atoms with Gasteiger partial charge >= 0.3 is 6.03 Å². The molecule has 0 aliphatic carbocycles. The van der Waals surface area contributed by atoms with E-state index in [4.69, 9.17) is 0 Å². The highest BCUT2D eigenvalue weighted by Gasteiger charge is 2.17. The molecule has 0 aromatic rings. The van der Waals surface area contributed by atoms with Crippen LogP contribution < -0.4 is 10.6 Å². The van der Waals surface area contributed by atoms with E-state index < -0.39 is 0 Å². The average Bonchev–Trinajstić information content (AvgIpc) is 2.13. The number of amides is 2. The van der Waals surface area contributed by atoms with E-state index in [0.717, 1.165) is 13.1 Å². The quantitative estimate of drug-likeness (QED) is 0.737. The predicted molar refractivity (Wildman–Crippen MR) is 76.1 cm³/mol. The van der Waals surface area contributed by atoms with E-state index in [1.54, 1.807) is 0 Å². The lowest BCUT2D eigenvalue weighted by Gasteiger charge is -2.25. The van der Waals surface area contributed by atoms with Gasteiger partial charge in [-0.2, -0.15) is 0 Å². The van der Waals surface area contributed by atoms with Crippen LogP contribution in [0.2, 0.25) is 0 Å². The topological polar surface area (TPSA) is 41.1 Å². The van der Waals surface area contributed by atoms with E-state index in [2.05, 4.69) is 52.2 Å². The molecule has 0 aromatic heterocycles. The molecule has 0 aliphatic heterocycles. The van der Waals surface area contributed by atoms with Crippen LogP contribution in [0, 0.1) is 23.7 Å². The van der Waals surface area contributed by atoms with Gasteiger partial charge in [0.05, 0.1) is 0 Å². The molecule has 0 heterocycles. The second-order valence-corrected chi connectivity index (χ2v) is 5.64. The Bertz CT molecular complexity index is 192. The molecule has 17 heavy (non-hydrogen) atoms. The molecule has 0 aliphatic rings. The van der Waals surface area contributed by atoms with Crippen LogP contribution in [0.15, 0.2) is 0 Å². The highest BCUT2D eigenvalue weighted by molar-refractivity contribution is 5.73. The highest BCUT2D eigenvalue weighted by atomic mass is 16.2. The van der Waals surface area contributed by atoms with Crippen LogP contribution >= 0.6 is 0 Å². The van der Waals surface area contributed by atoms with Crippen LogP contribution in [0.4, 0.5) is 4.79 Å².